The zero-order chi connectivity index (χ0) is 12.3. The Morgan fingerprint density at radius 1 is 1.06 bits per heavy atom. The van der Waals surface area contributed by atoms with E-state index in [0.29, 0.717) is 10.0 Å². The smallest absolute Gasteiger partial charge is 0.0612 e. The second-order valence-corrected chi connectivity index (χ2v) is 5.03. The fraction of sp³-hybridized carbons (Fsp3) is 0.500. The van der Waals surface area contributed by atoms with Crippen molar-refractivity contribution >= 4 is 28.9 Å². The molecule has 5 heteroatoms. The van der Waals surface area contributed by atoms with Gasteiger partial charge in [0.2, 0.25) is 0 Å². The number of nitrogens with two attached hydrogens (primary N) is 1. The van der Waals surface area contributed by atoms with E-state index in [0.717, 1.165) is 45.0 Å². The van der Waals surface area contributed by atoms with Crippen LogP contribution in [0.25, 0.3) is 0 Å². The van der Waals surface area contributed by atoms with Gasteiger partial charge in [0.1, 0.15) is 0 Å². The van der Waals surface area contributed by atoms with Crippen LogP contribution >= 0.6 is 23.2 Å². The summed E-state index contributed by atoms with van der Waals surface area (Å²) in [6, 6.07) is 5.81. The monoisotopic (exact) mass is 273 g/mol. The summed E-state index contributed by atoms with van der Waals surface area (Å²) in [7, 11) is 0. The lowest BCUT2D eigenvalue weighted by molar-refractivity contribution is 0.265. The largest absolute Gasteiger partial charge is 0.369 e. The summed E-state index contributed by atoms with van der Waals surface area (Å²) in [5.41, 5.74) is 6.70. The van der Waals surface area contributed by atoms with Gasteiger partial charge in [0.25, 0.3) is 0 Å². The van der Waals surface area contributed by atoms with E-state index in [9.17, 15) is 0 Å². The van der Waals surface area contributed by atoms with Crippen molar-refractivity contribution in [3.63, 3.8) is 0 Å². The summed E-state index contributed by atoms with van der Waals surface area (Å²) < 4.78 is 0. The van der Waals surface area contributed by atoms with Gasteiger partial charge >= 0.3 is 0 Å². The van der Waals surface area contributed by atoms with Gasteiger partial charge in [-0.1, -0.05) is 23.2 Å². The summed E-state index contributed by atoms with van der Waals surface area (Å²) in [4.78, 5) is 4.71. The van der Waals surface area contributed by atoms with Gasteiger partial charge in [0.05, 0.1) is 10.0 Å². The van der Waals surface area contributed by atoms with Crippen molar-refractivity contribution in [2.75, 3.05) is 44.2 Å². The number of benzene rings is 1. The van der Waals surface area contributed by atoms with Gasteiger partial charge in [-0.05, 0) is 18.2 Å². The molecule has 0 amide bonds. The van der Waals surface area contributed by atoms with Crippen molar-refractivity contribution in [1.82, 2.24) is 4.90 Å². The van der Waals surface area contributed by atoms with Crippen LogP contribution in [0.15, 0.2) is 18.2 Å². The molecule has 1 aromatic rings. The molecule has 17 heavy (non-hydrogen) atoms. The highest BCUT2D eigenvalue weighted by Crippen LogP contribution is 2.27. The van der Waals surface area contributed by atoms with Crippen LogP contribution in [0.4, 0.5) is 5.69 Å². The first kappa shape index (κ1) is 13.0. The maximum Gasteiger partial charge on any atom is 0.0612 e. The van der Waals surface area contributed by atoms with Crippen LogP contribution in [0, 0.1) is 0 Å². The van der Waals surface area contributed by atoms with Gasteiger partial charge in [-0.3, -0.25) is 4.90 Å². The number of anilines is 1. The SMILES string of the molecule is NCCN1CCN(c2ccc(Cl)c(Cl)c2)CC1. The van der Waals surface area contributed by atoms with Crippen molar-refractivity contribution in [3.05, 3.63) is 28.2 Å². The number of hydrogen-bond donors (Lipinski definition) is 1. The molecule has 0 aliphatic carbocycles. The standard InChI is InChI=1S/C12H17Cl2N3/c13-11-2-1-10(9-12(11)14)17-7-5-16(4-3-15)6-8-17/h1-2,9H,3-8,15H2. The quantitative estimate of drug-likeness (QED) is 0.916. The fourth-order valence-electron chi connectivity index (χ4n) is 2.09. The first-order chi connectivity index (χ1) is 8.20. The Morgan fingerprint density at radius 2 is 1.76 bits per heavy atom. The molecule has 0 aromatic heterocycles. The average molecular weight is 274 g/mol. The van der Waals surface area contributed by atoms with Crippen LogP contribution < -0.4 is 10.6 Å². The van der Waals surface area contributed by atoms with E-state index in [1.54, 1.807) is 0 Å². The molecule has 0 unspecified atom stereocenters. The molecule has 3 nitrogen and oxygen atoms in total. The molecule has 0 radical (unpaired) electrons. The van der Waals surface area contributed by atoms with Crippen molar-refractivity contribution in [2.24, 2.45) is 5.73 Å². The Hall–Kier alpha value is -0.480. The van der Waals surface area contributed by atoms with Crippen LogP contribution in [0.3, 0.4) is 0 Å². The number of rotatable bonds is 3. The molecule has 0 atom stereocenters. The second kappa shape index (κ2) is 5.91. The Bertz CT molecular complexity index is 376. The molecule has 1 aliphatic rings. The van der Waals surface area contributed by atoms with E-state index >= 15 is 0 Å². The maximum absolute atomic E-state index is 6.03. The molecule has 1 aliphatic heterocycles. The topological polar surface area (TPSA) is 32.5 Å². The van der Waals surface area contributed by atoms with Crippen molar-refractivity contribution < 1.29 is 0 Å². The van der Waals surface area contributed by atoms with Crippen molar-refractivity contribution in [3.8, 4) is 0 Å². The first-order valence-corrected chi connectivity index (χ1v) is 6.58. The molecule has 1 saturated heterocycles. The zero-order valence-corrected chi connectivity index (χ0v) is 11.2. The number of hydrogen-bond acceptors (Lipinski definition) is 3. The molecule has 2 rings (SSSR count). The van der Waals surface area contributed by atoms with Crippen LogP contribution in [-0.2, 0) is 0 Å². The maximum atomic E-state index is 6.03. The van der Waals surface area contributed by atoms with Gasteiger partial charge < -0.3 is 10.6 Å². The Labute approximate surface area is 112 Å². The van der Waals surface area contributed by atoms with Crippen LogP contribution in [0.2, 0.25) is 10.0 Å². The van der Waals surface area contributed by atoms with E-state index in [1.807, 2.05) is 18.2 Å². The third kappa shape index (κ3) is 3.26. The Kier molecular flexibility index (Phi) is 4.51. The molecule has 2 N–H and O–H groups in total. The van der Waals surface area contributed by atoms with Crippen molar-refractivity contribution in [1.29, 1.82) is 0 Å². The van der Waals surface area contributed by atoms with Gasteiger partial charge in [0.15, 0.2) is 0 Å². The third-order valence-electron chi connectivity index (χ3n) is 3.09. The predicted octanol–water partition coefficient (Wildman–Crippen LogP) is 2.07. The van der Waals surface area contributed by atoms with Gasteiger partial charge in [0, 0.05) is 45.0 Å². The molecule has 0 bridgehead atoms. The molecule has 1 aromatic carbocycles. The van der Waals surface area contributed by atoms with Gasteiger partial charge in [-0.25, -0.2) is 0 Å². The summed E-state index contributed by atoms with van der Waals surface area (Å²) in [6.07, 6.45) is 0. The molecule has 1 heterocycles. The first-order valence-electron chi connectivity index (χ1n) is 5.83. The number of halogens is 2. The number of nitrogens with zero attached hydrogens (tertiary/aromatic N) is 2. The van der Waals surface area contributed by atoms with E-state index in [-0.39, 0.29) is 0 Å². The fourth-order valence-corrected chi connectivity index (χ4v) is 2.39. The normalized spacial score (nSPS) is 17.5. The highest BCUT2D eigenvalue weighted by atomic mass is 35.5. The molecule has 0 saturated carbocycles. The van der Waals surface area contributed by atoms with E-state index in [2.05, 4.69) is 9.80 Å². The highest BCUT2D eigenvalue weighted by molar-refractivity contribution is 6.42. The molecular formula is C12H17Cl2N3. The third-order valence-corrected chi connectivity index (χ3v) is 3.82. The molecular weight excluding hydrogens is 257 g/mol. The Balaban J connectivity index is 1.98. The minimum Gasteiger partial charge on any atom is -0.369 e. The average Bonchev–Trinajstić information content (AvgIpc) is 2.34. The van der Waals surface area contributed by atoms with E-state index in [4.69, 9.17) is 28.9 Å². The summed E-state index contributed by atoms with van der Waals surface area (Å²) >= 11 is 11.9. The Morgan fingerprint density at radius 3 is 2.35 bits per heavy atom. The lowest BCUT2D eigenvalue weighted by atomic mass is 10.2. The highest BCUT2D eigenvalue weighted by Gasteiger charge is 2.16. The molecule has 1 fully saturated rings. The summed E-state index contributed by atoms with van der Waals surface area (Å²) in [5.74, 6) is 0. The summed E-state index contributed by atoms with van der Waals surface area (Å²) in [5, 5.41) is 1.23. The minimum absolute atomic E-state index is 0.609. The van der Waals surface area contributed by atoms with Crippen LogP contribution in [-0.4, -0.2) is 44.2 Å². The van der Waals surface area contributed by atoms with Crippen molar-refractivity contribution in [2.45, 2.75) is 0 Å². The van der Waals surface area contributed by atoms with Gasteiger partial charge in [-0.15, -0.1) is 0 Å². The minimum atomic E-state index is 0.609. The molecule has 94 valence electrons. The van der Waals surface area contributed by atoms with E-state index in [1.165, 1.54) is 0 Å². The molecule has 0 spiro atoms. The van der Waals surface area contributed by atoms with Crippen LogP contribution in [0.1, 0.15) is 0 Å². The lowest BCUT2D eigenvalue weighted by Crippen LogP contribution is -2.47. The lowest BCUT2D eigenvalue weighted by Gasteiger charge is -2.36. The predicted molar refractivity (Wildman–Crippen MR) is 74.2 cm³/mol. The zero-order valence-electron chi connectivity index (χ0n) is 9.70. The summed E-state index contributed by atoms with van der Waals surface area (Å²) in [6.45, 7) is 5.84. The van der Waals surface area contributed by atoms with Crippen LogP contribution in [0.5, 0.6) is 0 Å². The number of piperazine rings is 1. The van der Waals surface area contributed by atoms with Gasteiger partial charge in [-0.2, -0.15) is 0 Å². The van der Waals surface area contributed by atoms with E-state index < -0.39 is 0 Å². The second-order valence-electron chi connectivity index (χ2n) is 4.22.